The monoisotopic (exact) mass is 822 g/mol. The van der Waals surface area contributed by atoms with Crippen LogP contribution in [0.1, 0.15) is 219 Å². The first-order valence-corrected chi connectivity index (χ1v) is 23.8. The molecule has 0 aliphatic heterocycles. The van der Waals surface area contributed by atoms with Crippen LogP contribution in [0.4, 0.5) is 0 Å². The minimum atomic E-state index is -5.39. The molecule has 0 amide bonds. The van der Waals surface area contributed by atoms with Gasteiger partial charge >= 0.3 is 30.9 Å². The molecule has 0 saturated carbocycles. The summed E-state index contributed by atoms with van der Waals surface area (Å²) in [7, 11) is -10.8. The van der Waals surface area contributed by atoms with Crippen LogP contribution in [0.5, 0.6) is 0 Å². The van der Waals surface area contributed by atoms with E-state index in [9.17, 15) is 28.5 Å². The zero-order valence-corrected chi connectivity index (χ0v) is 40.4. The Morgan fingerprint density at radius 3 is 0.804 bits per heavy atom. The molecule has 0 aromatic carbocycles. The summed E-state index contributed by atoms with van der Waals surface area (Å²) in [6.07, 6.45) is 34.3. The molecular weight excluding hydrogens is 751 g/mol. The number of rotatable bonds is 36. The smallest absolute Gasteiger partial charge is 0.389 e. The van der Waals surface area contributed by atoms with Crippen molar-refractivity contribution < 1.29 is 37.6 Å². The van der Waals surface area contributed by atoms with E-state index in [4.69, 9.17) is 23.2 Å². The fraction of sp³-hybridized carbons (Fsp3) is 0.946. The van der Waals surface area contributed by atoms with Crippen LogP contribution in [0, 0.1) is 0 Å². The van der Waals surface area contributed by atoms with Crippen LogP contribution in [0.2, 0.25) is 0 Å². The summed E-state index contributed by atoms with van der Waals surface area (Å²) in [5.41, 5.74) is 0. The maximum absolute atomic E-state index is 12.7. The van der Waals surface area contributed by atoms with Crippen LogP contribution < -0.4 is 0 Å². The zero-order valence-electron chi connectivity index (χ0n) is 33.1. The number of carbonyl (C=O) groups excluding carboxylic acids is 2. The number of hydrogen-bond acceptors (Lipinski definition) is 6. The Morgan fingerprint density at radius 1 is 0.431 bits per heavy atom. The predicted octanol–water partition coefficient (Wildman–Crippen LogP) is 13.3. The van der Waals surface area contributed by atoms with E-state index < -0.39 is 30.9 Å². The number of carbonyl (C=O) groups is 2. The third kappa shape index (κ3) is 31.6. The molecule has 0 heterocycles. The van der Waals surface area contributed by atoms with E-state index in [0.29, 0.717) is 12.8 Å². The Kier molecular flexibility index (Phi) is 42.1. The molecule has 14 heteroatoms. The standard InChI is InChI=1S/C37H72Cl2O8P2.2Na/c1-3-5-7-9-11-13-15-17-19-21-23-25-27-29-31-33-35(40)46-48(42,43)37(38,39)49(44,45)47-36(41)34-32-30-28-26-24-22-20-18-16-14-12-10-8-6-4-2;;/h3-34H2,1-2H3,(H,42,43)(H,44,45);;. The van der Waals surface area contributed by atoms with Crippen molar-refractivity contribution in [3.63, 3.8) is 0 Å². The molecule has 2 radical (unpaired) electrons. The van der Waals surface area contributed by atoms with Gasteiger partial charge in [0.1, 0.15) is 0 Å². The molecule has 294 valence electrons. The van der Waals surface area contributed by atoms with Gasteiger partial charge in [0, 0.05) is 72.0 Å². The second-order valence-corrected chi connectivity index (χ2v) is 20.4. The first-order valence-electron chi connectivity index (χ1n) is 19.9. The second kappa shape index (κ2) is 37.5. The van der Waals surface area contributed by atoms with Gasteiger partial charge in [0.15, 0.2) is 0 Å². The quantitative estimate of drug-likeness (QED) is 0.0277. The molecule has 2 unspecified atom stereocenters. The summed E-state index contributed by atoms with van der Waals surface area (Å²) in [4.78, 5) is 44.9. The van der Waals surface area contributed by atoms with Crippen molar-refractivity contribution >= 4 is 109 Å². The molecule has 2 N–H and O–H groups in total. The average Bonchev–Trinajstić information content (AvgIpc) is 3.04. The molecule has 0 aliphatic rings. The molecular formula is C37H72Cl2Na2O8P2. The van der Waals surface area contributed by atoms with Crippen molar-refractivity contribution in [2.45, 2.75) is 223 Å². The maximum Gasteiger partial charge on any atom is 0.428 e. The van der Waals surface area contributed by atoms with Crippen LogP contribution in [0.3, 0.4) is 0 Å². The van der Waals surface area contributed by atoms with Gasteiger partial charge in [-0.3, -0.25) is 9.59 Å². The van der Waals surface area contributed by atoms with Crippen LogP contribution >= 0.6 is 38.4 Å². The fourth-order valence-electron chi connectivity index (χ4n) is 5.92. The zero-order chi connectivity index (χ0) is 36.7. The number of unbranched alkanes of at least 4 members (excludes halogenated alkanes) is 28. The van der Waals surface area contributed by atoms with E-state index in [1.165, 1.54) is 128 Å². The van der Waals surface area contributed by atoms with Gasteiger partial charge in [0.25, 0.3) is 0 Å². The summed E-state index contributed by atoms with van der Waals surface area (Å²) in [6.45, 7) is 4.47. The molecule has 8 nitrogen and oxygen atoms in total. The van der Waals surface area contributed by atoms with Crippen LogP contribution in [-0.4, -0.2) is 84.7 Å². The van der Waals surface area contributed by atoms with Gasteiger partial charge in [0.2, 0.25) is 0 Å². The number of hydrogen-bond donors (Lipinski definition) is 2. The molecule has 0 rings (SSSR count). The van der Waals surface area contributed by atoms with E-state index in [2.05, 4.69) is 22.9 Å². The molecule has 0 saturated heterocycles. The second-order valence-electron chi connectivity index (χ2n) is 13.9. The normalized spacial score (nSPS) is 13.8. The third-order valence-electron chi connectivity index (χ3n) is 9.10. The molecule has 0 aromatic rings. The van der Waals surface area contributed by atoms with Crippen molar-refractivity contribution in [1.82, 2.24) is 0 Å². The van der Waals surface area contributed by atoms with E-state index in [1.807, 2.05) is 0 Å². The van der Waals surface area contributed by atoms with E-state index in [1.54, 1.807) is 0 Å². The van der Waals surface area contributed by atoms with Crippen molar-refractivity contribution in [3.8, 4) is 0 Å². The summed E-state index contributed by atoms with van der Waals surface area (Å²) < 4.78 is 31.1. The third-order valence-corrected chi connectivity index (χ3v) is 15.4. The molecule has 0 bridgehead atoms. The van der Waals surface area contributed by atoms with Gasteiger partial charge in [-0.1, -0.05) is 217 Å². The van der Waals surface area contributed by atoms with Gasteiger partial charge in [-0.15, -0.1) is 0 Å². The van der Waals surface area contributed by atoms with E-state index in [-0.39, 0.29) is 72.0 Å². The van der Waals surface area contributed by atoms with Gasteiger partial charge in [-0.05, 0) is 12.8 Å². The Bertz CT molecular complexity index is 861. The maximum atomic E-state index is 12.7. The van der Waals surface area contributed by atoms with Crippen LogP contribution in [0.15, 0.2) is 0 Å². The summed E-state index contributed by atoms with van der Waals surface area (Å²) in [5.74, 6) is -2.12. The number of halogens is 2. The largest absolute Gasteiger partial charge is 0.428 e. The topological polar surface area (TPSA) is 127 Å². The molecule has 0 aromatic heterocycles. The molecule has 0 spiro atoms. The molecule has 2 atom stereocenters. The first-order chi connectivity index (χ1) is 23.4. The van der Waals surface area contributed by atoms with Gasteiger partial charge in [-0.2, -0.15) is 0 Å². The Labute approximate surface area is 366 Å². The Balaban J connectivity index is -0.0000115. The fourth-order valence-corrected chi connectivity index (χ4v) is 8.81. The predicted molar refractivity (Wildman–Crippen MR) is 217 cm³/mol. The van der Waals surface area contributed by atoms with Gasteiger partial charge in [0.05, 0.1) is 0 Å². The minimum absolute atomic E-state index is 0. The summed E-state index contributed by atoms with van der Waals surface area (Å²) in [6, 6.07) is 0. The van der Waals surface area contributed by atoms with Crippen molar-refractivity contribution in [1.29, 1.82) is 0 Å². The van der Waals surface area contributed by atoms with Crippen molar-refractivity contribution in [2.75, 3.05) is 0 Å². The number of alkyl halides is 2. The molecule has 0 aliphatic carbocycles. The average molecular weight is 824 g/mol. The molecule has 51 heavy (non-hydrogen) atoms. The van der Waals surface area contributed by atoms with Crippen LogP contribution in [-0.2, 0) is 27.8 Å². The SMILES string of the molecule is CCCCCCCCCCCCCCCCCC(=O)OP(=O)(O)C(Cl)(Cl)P(=O)(O)OC(=O)CCCCCCCCCCCCCCCCC.[Na].[Na]. The van der Waals surface area contributed by atoms with E-state index >= 15 is 0 Å². The summed E-state index contributed by atoms with van der Waals surface area (Å²) >= 11 is 11.6. The van der Waals surface area contributed by atoms with Gasteiger partial charge < -0.3 is 18.8 Å². The van der Waals surface area contributed by atoms with E-state index in [0.717, 1.165) is 51.4 Å². The Hall–Kier alpha value is 1.90. The van der Waals surface area contributed by atoms with Crippen molar-refractivity contribution in [2.24, 2.45) is 0 Å². The molecule has 0 fully saturated rings. The Morgan fingerprint density at radius 2 is 0.608 bits per heavy atom. The first kappa shape index (κ1) is 57.2. The van der Waals surface area contributed by atoms with Crippen molar-refractivity contribution in [3.05, 3.63) is 0 Å². The summed E-state index contributed by atoms with van der Waals surface area (Å²) in [5, 5.41) is 0. The minimum Gasteiger partial charge on any atom is -0.389 e. The van der Waals surface area contributed by atoms with Crippen LogP contribution in [0.25, 0.3) is 0 Å². The van der Waals surface area contributed by atoms with Gasteiger partial charge in [-0.25, -0.2) is 9.13 Å².